The normalized spacial score (nSPS) is 13.3. The number of benzene rings is 1. The lowest BCUT2D eigenvalue weighted by Crippen LogP contribution is -2.42. The minimum absolute atomic E-state index is 0.150. The number of hydrogen-bond donors (Lipinski definition) is 2. The molecule has 0 aliphatic heterocycles. The van der Waals surface area contributed by atoms with Crippen LogP contribution in [0.4, 0.5) is 4.79 Å². The largest absolute Gasteiger partial charge is 0.493 e. The van der Waals surface area contributed by atoms with Crippen molar-refractivity contribution < 1.29 is 23.9 Å². The van der Waals surface area contributed by atoms with E-state index in [1.165, 1.54) is 0 Å². The molecule has 1 aromatic carbocycles. The third-order valence-corrected chi connectivity index (χ3v) is 3.17. The van der Waals surface area contributed by atoms with Gasteiger partial charge in [-0.15, -0.1) is 0 Å². The summed E-state index contributed by atoms with van der Waals surface area (Å²) in [5.74, 6) is -0.235. The Hall–Kier alpha value is -2.57. The fourth-order valence-electron chi connectivity index (χ4n) is 1.78. The van der Waals surface area contributed by atoms with Gasteiger partial charge in [0.25, 0.3) is 5.91 Å². The molecule has 0 radical (unpaired) electrons. The van der Waals surface area contributed by atoms with Crippen LogP contribution >= 0.6 is 0 Å². The summed E-state index contributed by atoms with van der Waals surface area (Å²) in [4.78, 5) is 34.7. The lowest BCUT2D eigenvalue weighted by molar-refractivity contribution is -0.123. The lowest BCUT2D eigenvalue weighted by atomic mass is 10.2. The van der Waals surface area contributed by atoms with Crippen LogP contribution in [0.5, 0.6) is 5.75 Å². The van der Waals surface area contributed by atoms with Crippen LogP contribution in [0, 0.1) is 5.92 Å². The first-order valence-corrected chi connectivity index (χ1v) is 7.94. The summed E-state index contributed by atoms with van der Waals surface area (Å²) in [5, 5.41) is 4.71. The van der Waals surface area contributed by atoms with E-state index in [0.29, 0.717) is 23.8 Å². The molecule has 2 rings (SSSR count). The van der Waals surface area contributed by atoms with Crippen LogP contribution < -0.4 is 15.4 Å². The van der Waals surface area contributed by atoms with Gasteiger partial charge in [-0.3, -0.25) is 10.1 Å². The zero-order valence-corrected chi connectivity index (χ0v) is 13.8. The second-order valence-corrected chi connectivity index (χ2v) is 6.10. The van der Waals surface area contributed by atoms with Crippen LogP contribution in [0.3, 0.4) is 0 Å². The zero-order chi connectivity index (χ0) is 17.5. The molecule has 0 heterocycles. The summed E-state index contributed by atoms with van der Waals surface area (Å²) < 4.78 is 10.4. The first-order chi connectivity index (χ1) is 11.4. The summed E-state index contributed by atoms with van der Waals surface area (Å²) >= 11 is 0. The number of nitrogens with one attached hydrogen (secondary N) is 2. The van der Waals surface area contributed by atoms with Crippen LogP contribution in [0.15, 0.2) is 24.3 Å². The van der Waals surface area contributed by atoms with Gasteiger partial charge in [0.2, 0.25) is 0 Å². The van der Waals surface area contributed by atoms with Crippen LogP contribution in [-0.2, 0) is 9.53 Å². The molecule has 1 fully saturated rings. The van der Waals surface area contributed by atoms with E-state index in [2.05, 4.69) is 10.6 Å². The molecular weight excluding hydrogens is 312 g/mol. The molecule has 1 aromatic rings. The molecule has 7 nitrogen and oxygen atoms in total. The molecule has 1 aliphatic carbocycles. The van der Waals surface area contributed by atoms with Crippen LogP contribution in [0.2, 0.25) is 0 Å². The van der Waals surface area contributed by atoms with Crippen molar-refractivity contribution in [1.82, 2.24) is 10.6 Å². The van der Waals surface area contributed by atoms with Gasteiger partial charge in [-0.1, -0.05) is 13.8 Å². The molecule has 0 spiro atoms. The third-order valence-electron chi connectivity index (χ3n) is 3.17. The van der Waals surface area contributed by atoms with Crippen molar-refractivity contribution in [2.45, 2.75) is 32.7 Å². The van der Waals surface area contributed by atoms with E-state index in [0.717, 1.165) is 12.8 Å². The van der Waals surface area contributed by atoms with E-state index in [1.807, 2.05) is 13.8 Å². The average Bonchev–Trinajstić information content (AvgIpc) is 3.34. The van der Waals surface area contributed by atoms with Crippen molar-refractivity contribution in [2.75, 3.05) is 13.2 Å². The van der Waals surface area contributed by atoms with Crippen LogP contribution in [-0.4, -0.2) is 37.2 Å². The molecule has 3 amide bonds. The van der Waals surface area contributed by atoms with Gasteiger partial charge in [0, 0.05) is 6.04 Å². The van der Waals surface area contributed by atoms with Crippen molar-refractivity contribution in [1.29, 1.82) is 0 Å². The Bertz CT molecular complexity index is 594. The number of amides is 3. The van der Waals surface area contributed by atoms with Gasteiger partial charge in [0.15, 0.2) is 6.61 Å². The van der Waals surface area contributed by atoms with E-state index in [4.69, 9.17) is 9.47 Å². The quantitative estimate of drug-likeness (QED) is 0.743. The maximum absolute atomic E-state index is 11.9. The molecule has 0 aromatic heterocycles. The Labute approximate surface area is 140 Å². The zero-order valence-electron chi connectivity index (χ0n) is 13.8. The van der Waals surface area contributed by atoms with Crippen molar-refractivity contribution in [3.8, 4) is 5.75 Å². The molecule has 0 saturated heterocycles. The van der Waals surface area contributed by atoms with Crippen molar-refractivity contribution >= 4 is 17.9 Å². The predicted molar refractivity (Wildman–Crippen MR) is 86.8 cm³/mol. The fourth-order valence-corrected chi connectivity index (χ4v) is 1.78. The van der Waals surface area contributed by atoms with Gasteiger partial charge in [-0.25, -0.2) is 9.59 Å². The van der Waals surface area contributed by atoms with Crippen LogP contribution in [0.1, 0.15) is 37.0 Å². The molecule has 0 atom stereocenters. The van der Waals surface area contributed by atoms with E-state index in [9.17, 15) is 14.4 Å². The van der Waals surface area contributed by atoms with Gasteiger partial charge in [-0.2, -0.15) is 0 Å². The average molecular weight is 334 g/mol. The van der Waals surface area contributed by atoms with E-state index < -0.39 is 24.5 Å². The van der Waals surface area contributed by atoms with Crippen molar-refractivity contribution in [3.05, 3.63) is 29.8 Å². The molecule has 7 heteroatoms. The topological polar surface area (TPSA) is 93.7 Å². The SMILES string of the molecule is CC(C)COc1ccc(C(=O)OCC(=O)NC(=O)NC2CC2)cc1. The van der Waals surface area contributed by atoms with Gasteiger partial charge >= 0.3 is 12.0 Å². The molecule has 1 aliphatic rings. The Morgan fingerprint density at radius 1 is 1.17 bits per heavy atom. The Morgan fingerprint density at radius 3 is 2.42 bits per heavy atom. The van der Waals surface area contributed by atoms with E-state index >= 15 is 0 Å². The number of imide groups is 1. The molecule has 0 bridgehead atoms. The highest BCUT2D eigenvalue weighted by atomic mass is 16.5. The first kappa shape index (κ1) is 17.8. The Morgan fingerprint density at radius 2 is 1.83 bits per heavy atom. The minimum atomic E-state index is -0.668. The summed E-state index contributed by atoms with van der Waals surface area (Å²) in [5.41, 5.74) is 0.308. The second kappa shape index (κ2) is 8.33. The van der Waals surface area contributed by atoms with Crippen molar-refractivity contribution in [2.24, 2.45) is 5.92 Å². The number of hydrogen-bond acceptors (Lipinski definition) is 5. The lowest BCUT2D eigenvalue weighted by Gasteiger charge is -2.09. The van der Waals surface area contributed by atoms with Crippen molar-refractivity contribution in [3.63, 3.8) is 0 Å². The minimum Gasteiger partial charge on any atom is -0.493 e. The second-order valence-electron chi connectivity index (χ2n) is 6.10. The maximum atomic E-state index is 11.9. The summed E-state index contributed by atoms with van der Waals surface area (Å²) in [6, 6.07) is 6.05. The number of esters is 1. The highest BCUT2D eigenvalue weighted by molar-refractivity contribution is 5.97. The van der Waals surface area contributed by atoms with Gasteiger partial charge in [0.05, 0.1) is 12.2 Å². The first-order valence-electron chi connectivity index (χ1n) is 7.94. The summed E-state index contributed by atoms with van der Waals surface area (Å²) in [6.45, 7) is 4.17. The van der Waals surface area contributed by atoms with Gasteiger partial charge in [0.1, 0.15) is 5.75 Å². The van der Waals surface area contributed by atoms with E-state index in [-0.39, 0.29) is 6.04 Å². The molecule has 2 N–H and O–H groups in total. The number of carbonyl (C=O) groups excluding carboxylic acids is 3. The molecule has 1 saturated carbocycles. The number of rotatable bonds is 7. The number of carbonyl (C=O) groups is 3. The Balaban J connectivity index is 1.72. The standard InChI is InChI=1S/C17H22N2O5/c1-11(2)9-23-14-7-3-12(4-8-14)16(21)24-10-15(20)19-17(22)18-13-5-6-13/h3-4,7-8,11,13H,5-6,9-10H2,1-2H3,(H2,18,19,20,22). The molecule has 0 unspecified atom stereocenters. The summed E-state index contributed by atoms with van der Waals surface area (Å²) in [7, 11) is 0. The van der Waals surface area contributed by atoms with Crippen LogP contribution in [0.25, 0.3) is 0 Å². The van der Waals surface area contributed by atoms with E-state index in [1.54, 1.807) is 24.3 Å². The third kappa shape index (κ3) is 6.28. The van der Waals surface area contributed by atoms with Gasteiger partial charge in [-0.05, 0) is 43.0 Å². The fraction of sp³-hybridized carbons (Fsp3) is 0.471. The monoisotopic (exact) mass is 334 g/mol. The highest BCUT2D eigenvalue weighted by Gasteiger charge is 2.24. The molecule has 130 valence electrons. The number of urea groups is 1. The summed E-state index contributed by atoms with van der Waals surface area (Å²) in [6.07, 6.45) is 1.85. The predicted octanol–water partition coefficient (Wildman–Crippen LogP) is 1.87. The maximum Gasteiger partial charge on any atom is 0.338 e. The molecule has 24 heavy (non-hydrogen) atoms. The molecular formula is C17H22N2O5. The Kier molecular flexibility index (Phi) is 6.17. The van der Waals surface area contributed by atoms with Gasteiger partial charge < -0.3 is 14.8 Å². The smallest absolute Gasteiger partial charge is 0.338 e. The highest BCUT2D eigenvalue weighted by Crippen LogP contribution is 2.18. The number of ether oxygens (including phenoxy) is 2.